The highest BCUT2D eigenvalue weighted by molar-refractivity contribution is 6.04. The molecule has 0 saturated carbocycles. The van der Waals surface area contributed by atoms with Gasteiger partial charge in [-0.15, -0.1) is 0 Å². The molecule has 1 aromatic carbocycles. The maximum atomic E-state index is 12.5. The lowest BCUT2D eigenvalue weighted by molar-refractivity contribution is -0.121. The van der Waals surface area contributed by atoms with Crippen molar-refractivity contribution >= 4 is 17.8 Å². The van der Waals surface area contributed by atoms with Crippen LogP contribution in [0.15, 0.2) is 35.7 Å². The Morgan fingerprint density at radius 2 is 1.69 bits per heavy atom. The van der Waals surface area contributed by atoms with Gasteiger partial charge in [-0.2, -0.15) is 0 Å². The Kier molecular flexibility index (Phi) is 5.71. The van der Waals surface area contributed by atoms with Gasteiger partial charge >= 0.3 is 5.97 Å². The van der Waals surface area contributed by atoms with E-state index in [0.29, 0.717) is 6.54 Å². The summed E-state index contributed by atoms with van der Waals surface area (Å²) in [6.45, 7) is 2.08. The summed E-state index contributed by atoms with van der Waals surface area (Å²) in [5, 5.41) is 14.8. The van der Waals surface area contributed by atoms with Crippen LogP contribution in [-0.4, -0.2) is 66.7 Å². The van der Waals surface area contributed by atoms with Gasteiger partial charge in [0.05, 0.1) is 0 Å². The van der Waals surface area contributed by atoms with Crippen molar-refractivity contribution in [3.8, 4) is 5.75 Å². The van der Waals surface area contributed by atoms with E-state index >= 15 is 0 Å². The summed E-state index contributed by atoms with van der Waals surface area (Å²) in [6, 6.07) is 5.98. The van der Waals surface area contributed by atoms with Crippen molar-refractivity contribution in [2.75, 3.05) is 27.7 Å². The largest absolute Gasteiger partial charge is 0.507 e. The molecule has 0 aromatic heterocycles. The van der Waals surface area contributed by atoms with Gasteiger partial charge in [0.25, 0.3) is 18.2 Å². The SMILES string of the molecule is CCN1C(C(=O)NC)=C(C(=O)NC)N(C)C1OC(=O)c1ccccc1O. The average Bonchev–Trinajstić information content (AvgIpc) is 2.92. The lowest BCUT2D eigenvalue weighted by atomic mass is 10.2. The van der Waals surface area contributed by atoms with Crippen molar-refractivity contribution < 1.29 is 24.2 Å². The highest BCUT2D eigenvalue weighted by Crippen LogP contribution is 2.30. The van der Waals surface area contributed by atoms with E-state index in [-0.39, 0.29) is 22.7 Å². The zero-order valence-electron chi connectivity index (χ0n) is 15.1. The molecule has 1 aromatic rings. The molecule has 0 bridgehead atoms. The van der Waals surface area contributed by atoms with Gasteiger partial charge in [0, 0.05) is 27.7 Å². The summed E-state index contributed by atoms with van der Waals surface area (Å²) < 4.78 is 5.50. The van der Waals surface area contributed by atoms with Crippen LogP contribution in [0, 0.1) is 0 Å². The minimum atomic E-state index is -1.01. The van der Waals surface area contributed by atoms with Gasteiger partial charge in [0.1, 0.15) is 22.7 Å². The molecule has 26 heavy (non-hydrogen) atoms. The third-order valence-electron chi connectivity index (χ3n) is 4.02. The van der Waals surface area contributed by atoms with E-state index < -0.39 is 24.1 Å². The molecule has 9 nitrogen and oxygen atoms in total. The van der Waals surface area contributed by atoms with Crippen molar-refractivity contribution in [3.05, 3.63) is 41.2 Å². The first-order chi connectivity index (χ1) is 12.4. The second-order valence-corrected chi connectivity index (χ2v) is 5.50. The molecule has 3 N–H and O–H groups in total. The van der Waals surface area contributed by atoms with E-state index in [9.17, 15) is 19.5 Å². The predicted molar refractivity (Wildman–Crippen MR) is 92.6 cm³/mol. The van der Waals surface area contributed by atoms with Crippen molar-refractivity contribution in [2.45, 2.75) is 13.3 Å². The molecule has 0 saturated heterocycles. The molecular formula is C17H22N4O5. The lowest BCUT2D eigenvalue weighted by Crippen LogP contribution is -2.44. The standard InChI is InChI=1S/C17H22N4O5/c1-5-21-13(15(24)19-3)12(14(23)18-2)20(4)17(21)26-16(25)10-8-6-7-9-11(10)22/h6-9,17,22H,5H2,1-4H3,(H,18,23)(H,19,24). The first-order valence-electron chi connectivity index (χ1n) is 8.04. The fourth-order valence-electron chi connectivity index (χ4n) is 2.74. The molecule has 1 aliphatic heterocycles. The number of likely N-dealkylation sites (N-methyl/N-ethyl adjacent to an activating group) is 4. The Morgan fingerprint density at radius 1 is 1.12 bits per heavy atom. The highest BCUT2D eigenvalue weighted by atomic mass is 16.6. The molecule has 1 unspecified atom stereocenters. The van der Waals surface area contributed by atoms with Crippen LogP contribution in [0.5, 0.6) is 5.75 Å². The monoisotopic (exact) mass is 362 g/mol. The molecule has 9 heteroatoms. The van der Waals surface area contributed by atoms with Gasteiger partial charge in [-0.25, -0.2) is 4.79 Å². The van der Waals surface area contributed by atoms with Crippen LogP contribution in [0.2, 0.25) is 0 Å². The number of nitrogens with one attached hydrogen (secondary N) is 2. The molecule has 0 spiro atoms. The second-order valence-electron chi connectivity index (χ2n) is 5.50. The van der Waals surface area contributed by atoms with E-state index in [4.69, 9.17) is 4.74 Å². The van der Waals surface area contributed by atoms with Crippen LogP contribution in [-0.2, 0) is 14.3 Å². The fourth-order valence-corrected chi connectivity index (χ4v) is 2.74. The van der Waals surface area contributed by atoms with Crippen molar-refractivity contribution in [3.63, 3.8) is 0 Å². The molecule has 2 rings (SSSR count). The topological polar surface area (TPSA) is 111 Å². The first-order valence-corrected chi connectivity index (χ1v) is 8.04. The molecule has 1 atom stereocenters. The number of ether oxygens (including phenoxy) is 1. The molecular weight excluding hydrogens is 340 g/mol. The first kappa shape index (κ1) is 19.1. The molecule has 1 aliphatic rings. The average molecular weight is 362 g/mol. The summed E-state index contributed by atoms with van der Waals surface area (Å²) in [5.41, 5.74) is 0.183. The van der Waals surface area contributed by atoms with E-state index in [1.807, 2.05) is 0 Å². The van der Waals surface area contributed by atoms with Crippen LogP contribution in [0.25, 0.3) is 0 Å². The molecule has 0 radical (unpaired) electrons. The number of benzene rings is 1. The number of phenolic OH excluding ortho intramolecular Hbond substituents is 1. The Balaban J connectivity index is 2.39. The van der Waals surface area contributed by atoms with Gasteiger partial charge < -0.3 is 30.3 Å². The highest BCUT2D eigenvalue weighted by Gasteiger charge is 2.43. The number of hydrogen-bond donors (Lipinski definition) is 3. The number of carbonyl (C=O) groups is 3. The smallest absolute Gasteiger partial charge is 0.345 e. The van der Waals surface area contributed by atoms with Gasteiger partial charge in [-0.3, -0.25) is 9.59 Å². The summed E-state index contributed by atoms with van der Waals surface area (Å²) in [7, 11) is 4.44. The lowest BCUT2D eigenvalue weighted by Gasteiger charge is -2.30. The molecule has 0 fully saturated rings. The summed E-state index contributed by atoms with van der Waals surface area (Å²) in [6.07, 6.45) is -1.01. The van der Waals surface area contributed by atoms with Crippen LogP contribution in [0.1, 0.15) is 17.3 Å². The van der Waals surface area contributed by atoms with Crippen molar-refractivity contribution in [1.29, 1.82) is 0 Å². The van der Waals surface area contributed by atoms with Crippen molar-refractivity contribution in [2.24, 2.45) is 0 Å². The predicted octanol–water partition coefficient (Wildman–Crippen LogP) is -0.196. The summed E-state index contributed by atoms with van der Waals surface area (Å²) in [4.78, 5) is 40.0. The Hall–Kier alpha value is -3.23. The van der Waals surface area contributed by atoms with E-state index in [1.54, 1.807) is 26.1 Å². The minimum absolute atomic E-state index is 0.00756. The Morgan fingerprint density at radius 3 is 2.23 bits per heavy atom. The minimum Gasteiger partial charge on any atom is -0.507 e. The Bertz CT molecular complexity index is 761. The van der Waals surface area contributed by atoms with Gasteiger partial charge in [0.15, 0.2) is 0 Å². The zero-order valence-corrected chi connectivity index (χ0v) is 15.1. The van der Waals surface area contributed by atoms with E-state index in [1.165, 1.54) is 36.0 Å². The Labute approximate surface area is 151 Å². The molecule has 1 heterocycles. The molecule has 0 aliphatic carbocycles. The van der Waals surface area contributed by atoms with Gasteiger partial charge in [0.2, 0.25) is 0 Å². The number of rotatable bonds is 5. The molecule has 2 amide bonds. The number of hydrogen-bond acceptors (Lipinski definition) is 7. The third kappa shape index (κ3) is 3.28. The third-order valence-corrected chi connectivity index (χ3v) is 4.02. The quantitative estimate of drug-likeness (QED) is 0.622. The number of para-hydroxylation sites is 1. The second kappa shape index (κ2) is 7.77. The number of amides is 2. The summed E-state index contributed by atoms with van der Waals surface area (Å²) >= 11 is 0. The number of esters is 1. The maximum absolute atomic E-state index is 12.5. The van der Waals surface area contributed by atoms with Crippen LogP contribution < -0.4 is 10.6 Å². The van der Waals surface area contributed by atoms with E-state index in [0.717, 1.165) is 0 Å². The van der Waals surface area contributed by atoms with Crippen LogP contribution >= 0.6 is 0 Å². The maximum Gasteiger partial charge on any atom is 0.345 e. The fraction of sp³-hybridized carbons (Fsp3) is 0.353. The zero-order chi connectivity index (χ0) is 19.4. The van der Waals surface area contributed by atoms with Gasteiger partial charge in [-0.05, 0) is 19.1 Å². The number of phenols is 1. The van der Waals surface area contributed by atoms with Gasteiger partial charge in [-0.1, -0.05) is 12.1 Å². The van der Waals surface area contributed by atoms with Crippen LogP contribution in [0.4, 0.5) is 0 Å². The number of nitrogens with zero attached hydrogens (tertiary/aromatic N) is 2. The number of aromatic hydroxyl groups is 1. The van der Waals surface area contributed by atoms with Crippen molar-refractivity contribution in [1.82, 2.24) is 20.4 Å². The number of carbonyl (C=O) groups excluding carboxylic acids is 3. The normalized spacial score (nSPS) is 16.5. The van der Waals surface area contributed by atoms with Crippen LogP contribution in [0.3, 0.4) is 0 Å². The molecule has 140 valence electrons. The summed E-state index contributed by atoms with van der Waals surface area (Å²) in [5.74, 6) is -1.94. The van der Waals surface area contributed by atoms with E-state index in [2.05, 4.69) is 10.6 Å².